The normalized spacial score (nSPS) is 14.9. The van der Waals surface area contributed by atoms with Gasteiger partial charge in [-0.1, -0.05) is 19.1 Å². The average Bonchev–Trinajstić information content (AvgIpc) is 2.93. The molecule has 0 spiro atoms. The fourth-order valence-corrected chi connectivity index (χ4v) is 2.47. The van der Waals surface area contributed by atoms with Crippen molar-refractivity contribution in [1.82, 2.24) is 5.32 Å². The Balaban J connectivity index is 0.00000200. The van der Waals surface area contributed by atoms with Crippen molar-refractivity contribution >= 4 is 42.1 Å². The van der Waals surface area contributed by atoms with E-state index in [0.29, 0.717) is 6.54 Å². The van der Waals surface area contributed by atoms with Crippen LogP contribution in [0.3, 0.4) is 0 Å². The van der Waals surface area contributed by atoms with Crippen LogP contribution in [0.25, 0.3) is 0 Å². The van der Waals surface area contributed by atoms with Gasteiger partial charge < -0.3 is 15.5 Å². The molecule has 4 nitrogen and oxygen atoms in total. The van der Waals surface area contributed by atoms with Gasteiger partial charge >= 0.3 is 0 Å². The van der Waals surface area contributed by atoms with Gasteiger partial charge in [0.2, 0.25) is 5.91 Å². The van der Waals surface area contributed by atoms with Crippen molar-refractivity contribution in [3.05, 3.63) is 24.3 Å². The molecule has 1 aliphatic heterocycles. The molecule has 1 unspecified atom stereocenters. The number of carbonyl (C=O) groups excluding carboxylic acids is 1. The van der Waals surface area contributed by atoms with Crippen LogP contribution in [0.1, 0.15) is 19.8 Å². The fraction of sp³-hybridized carbons (Fsp3) is 0.533. The van der Waals surface area contributed by atoms with Gasteiger partial charge in [-0.2, -0.15) is 0 Å². The topological polar surface area (TPSA) is 44.4 Å². The quantitative estimate of drug-likeness (QED) is 0.870. The number of carbonyl (C=O) groups is 1. The lowest BCUT2D eigenvalue weighted by molar-refractivity contribution is -0.119. The highest BCUT2D eigenvalue weighted by atomic mass is 35.5. The van der Waals surface area contributed by atoms with Crippen LogP contribution in [0.4, 0.5) is 11.4 Å². The number of hydrogen-bond acceptors (Lipinski definition) is 3. The van der Waals surface area contributed by atoms with Crippen molar-refractivity contribution in [1.29, 1.82) is 0 Å². The van der Waals surface area contributed by atoms with Crippen molar-refractivity contribution in [2.75, 3.05) is 36.9 Å². The van der Waals surface area contributed by atoms with Gasteiger partial charge in [-0.3, -0.25) is 4.79 Å². The van der Waals surface area contributed by atoms with Gasteiger partial charge in [0, 0.05) is 25.6 Å². The number of hydrogen-bond donors (Lipinski definition) is 2. The van der Waals surface area contributed by atoms with Crippen molar-refractivity contribution in [3.8, 4) is 0 Å². The number of amides is 1. The summed E-state index contributed by atoms with van der Waals surface area (Å²) in [5.74, 6) is 0.0395. The monoisotopic (exact) mass is 333 g/mol. The Morgan fingerprint density at radius 2 is 1.86 bits per heavy atom. The van der Waals surface area contributed by atoms with Crippen molar-refractivity contribution in [2.45, 2.75) is 19.8 Å². The molecule has 120 valence electrons. The Hall–Kier alpha value is -0.970. The van der Waals surface area contributed by atoms with Gasteiger partial charge in [0.05, 0.1) is 11.4 Å². The largest absolute Gasteiger partial charge is 0.370 e. The highest BCUT2D eigenvalue weighted by molar-refractivity contribution is 5.95. The summed E-state index contributed by atoms with van der Waals surface area (Å²) in [5, 5.41) is 6.08. The summed E-state index contributed by atoms with van der Waals surface area (Å²) in [4.78, 5) is 14.4. The standard InChI is InChI=1S/C15H23N3O.2ClH/c1-12(11-16-2)15(19)17-13-7-3-4-8-14(13)18-9-5-6-10-18;;/h3-4,7-8,12,16H,5-6,9-11H2,1-2H3,(H,17,19);2*1H. The number of nitrogens with one attached hydrogen (secondary N) is 2. The van der Waals surface area contributed by atoms with Crippen LogP contribution >= 0.6 is 24.8 Å². The summed E-state index contributed by atoms with van der Waals surface area (Å²) in [6.45, 7) is 4.79. The third kappa shape index (κ3) is 5.38. The van der Waals surface area contributed by atoms with Gasteiger partial charge in [0.15, 0.2) is 0 Å². The Morgan fingerprint density at radius 1 is 1.24 bits per heavy atom. The molecule has 1 aromatic carbocycles. The summed E-state index contributed by atoms with van der Waals surface area (Å²) < 4.78 is 0. The van der Waals surface area contributed by atoms with E-state index in [-0.39, 0.29) is 36.6 Å². The summed E-state index contributed by atoms with van der Waals surface area (Å²) in [6.07, 6.45) is 2.47. The van der Waals surface area contributed by atoms with Crippen LogP contribution in [0.15, 0.2) is 24.3 Å². The van der Waals surface area contributed by atoms with Crippen LogP contribution in [0.2, 0.25) is 0 Å². The number of anilines is 2. The molecule has 1 heterocycles. The molecule has 1 amide bonds. The lowest BCUT2D eigenvalue weighted by atomic mass is 10.1. The second-order valence-corrected chi connectivity index (χ2v) is 5.16. The predicted octanol–water partition coefficient (Wildman–Crippen LogP) is 2.92. The Kier molecular flexibility index (Phi) is 9.42. The van der Waals surface area contributed by atoms with Crippen LogP contribution in [-0.4, -0.2) is 32.6 Å². The van der Waals surface area contributed by atoms with E-state index in [1.54, 1.807) is 0 Å². The molecular weight excluding hydrogens is 309 g/mol. The molecule has 0 aromatic heterocycles. The lowest BCUT2D eigenvalue weighted by Crippen LogP contribution is -2.29. The summed E-state index contributed by atoms with van der Waals surface area (Å²) in [5.41, 5.74) is 2.07. The highest BCUT2D eigenvalue weighted by Crippen LogP contribution is 2.28. The second-order valence-electron chi connectivity index (χ2n) is 5.16. The zero-order valence-corrected chi connectivity index (χ0v) is 14.2. The third-order valence-corrected chi connectivity index (χ3v) is 3.57. The molecule has 21 heavy (non-hydrogen) atoms. The van der Waals surface area contributed by atoms with Crippen LogP contribution in [0, 0.1) is 5.92 Å². The van der Waals surface area contributed by atoms with Gasteiger partial charge in [-0.25, -0.2) is 0 Å². The molecule has 1 aromatic rings. The summed E-state index contributed by atoms with van der Waals surface area (Å²) in [7, 11) is 1.86. The SMILES string of the molecule is CNCC(C)C(=O)Nc1ccccc1N1CCCC1.Cl.Cl. The number of nitrogens with zero attached hydrogens (tertiary/aromatic N) is 1. The van der Waals surface area contributed by atoms with E-state index in [0.717, 1.165) is 24.5 Å². The van der Waals surface area contributed by atoms with Gasteiger partial charge in [0.25, 0.3) is 0 Å². The van der Waals surface area contributed by atoms with E-state index in [1.165, 1.54) is 12.8 Å². The fourth-order valence-electron chi connectivity index (χ4n) is 2.47. The number of rotatable bonds is 5. The molecular formula is C15H25Cl2N3O. The van der Waals surface area contributed by atoms with Gasteiger partial charge in [-0.15, -0.1) is 24.8 Å². The zero-order chi connectivity index (χ0) is 13.7. The Morgan fingerprint density at radius 3 is 2.48 bits per heavy atom. The minimum Gasteiger partial charge on any atom is -0.370 e. The maximum absolute atomic E-state index is 12.1. The number of benzene rings is 1. The third-order valence-electron chi connectivity index (χ3n) is 3.57. The minimum atomic E-state index is -0.0309. The molecule has 2 rings (SSSR count). The molecule has 1 fully saturated rings. The van der Waals surface area contributed by atoms with Crippen molar-refractivity contribution < 1.29 is 4.79 Å². The van der Waals surface area contributed by atoms with E-state index >= 15 is 0 Å². The van der Waals surface area contributed by atoms with E-state index in [2.05, 4.69) is 21.6 Å². The molecule has 1 aliphatic rings. The van der Waals surface area contributed by atoms with Crippen molar-refractivity contribution in [2.24, 2.45) is 5.92 Å². The van der Waals surface area contributed by atoms with Gasteiger partial charge in [-0.05, 0) is 32.0 Å². The van der Waals surface area contributed by atoms with Crippen LogP contribution in [0.5, 0.6) is 0 Å². The van der Waals surface area contributed by atoms with E-state index in [1.807, 2.05) is 32.2 Å². The predicted molar refractivity (Wildman–Crippen MR) is 94.1 cm³/mol. The lowest BCUT2D eigenvalue weighted by Gasteiger charge is -2.22. The van der Waals surface area contributed by atoms with Gasteiger partial charge in [0.1, 0.15) is 0 Å². The average molecular weight is 334 g/mol. The number of para-hydroxylation sites is 2. The first-order chi connectivity index (χ1) is 9.22. The Labute approximate surface area is 139 Å². The van der Waals surface area contributed by atoms with Crippen molar-refractivity contribution in [3.63, 3.8) is 0 Å². The molecule has 2 N–H and O–H groups in total. The zero-order valence-electron chi connectivity index (χ0n) is 12.6. The molecule has 1 saturated heterocycles. The maximum atomic E-state index is 12.1. The second kappa shape index (κ2) is 9.87. The molecule has 1 atom stereocenters. The molecule has 0 bridgehead atoms. The first-order valence-electron chi connectivity index (χ1n) is 7.02. The minimum absolute atomic E-state index is 0. The molecule has 0 radical (unpaired) electrons. The maximum Gasteiger partial charge on any atom is 0.228 e. The number of halogens is 2. The van der Waals surface area contributed by atoms with E-state index in [9.17, 15) is 4.79 Å². The molecule has 0 saturated carbocycles. The highest BCUT2D eigenvalue weighted by Gasteiger charge is 2.18. The van der Waals surface area contributed by atoms with E-state index in [4.69, 9.17) is 0 Å². The smallest absolute Gasteiger partial charge is 0.228 e. The Bertz CT molecular complexity index is 437. The summed E-state index contributed by atoms with van der Waals surface area (Å²) >= 11 is 0. The van der Waals surface area contributed by atoms with Crippen LogP contribution in [-0.2, 0) is 4.79 Å². The van der Waals surface area contributed by atoms with E-state index < -0.39 is 0 Å². The first kappa shape index (κ1) is 20.0. The first-order valence-corrected chi connectivity index (χ1v) is 7.02. The molecule has 6 heteroatoms. The summed E-state index contributed by atoms with van der Waals surface area (Å²) in [6, 6.07) is 8.07. The molecule has 0 aliphatic carbocycles. The van der Waals surface area contributed by atoms with Crippen LogP contribution < -0.4 is 15.5 Å².